The average Bonchev–Trinajstić information content (AvgIpc) is 2.29. The molecule has 0 aromatic heterocycles. The predicted molar refractivity (Wildman–Crippen MR) is 74.0 cm³/mol. The second kappa shape index (κ2) is 6.65. The molecule has 0 amide bonds. The molecule has 0 saturated heterocycles. The van der Waals surface area contributed by atoms with Crippen LogP contribution in [0.5, 0.6) is 0 Å². The highest BCUT2D eigenvalue weighted by Gasteiger charge is 2.17. The number of aliphatic hydroxyl groups excluding tert-OH is 1. The standard InChI is InChI=1S/C15H25NO/c1-11(2)14(12(3)4)9-16-15-8-6-5-7-13(15)10-17/h5-8,11-12,14,16-17H,9-10H2,1-4H3. The summed E-state index contributed by atoms with van der Waals surface area (Å²) >= 11 is 0. The van der Waals surface area contributed by atoms with Gasteiger partial charge in [0.25, 0.3) is 0 Å². The van der Waals surface area contributed by atoms with Crippen molar-refractivity contribution in [3.8, 4) is 0 Å². The summed E-state index contributed by atoms with van der Waals surface area (Å²) in [4.78, 5) is 0. The first-order valence-electron chi connectivity index (χ1n) is 6.49. The molecule has 2 nitrogen and oxygen atoms in total. The van der Waals surface area contributed by atoms with Gasteiger partial charge in [0, 0.05) is 17.8 Å². The van der Waals surface area contributed by atoms with Gasteiger partial charge in [-0.15, -0.1) is 0 Å². The molecule has 17 heavy (non-hydrogen) atoms. The Balaban J connectivity index is 2.65. The summed E-state index contributed by atoms with van der Waals surface area (Å²) in [6.45, 7) is 10.1. The van der Waals surface area contributed by atoms with Gasteiger partial charge in [-0.25, -0.2) is 0 Å². The lowest BCUT2D eigenvalue weighted by Gasteiger charge is -2.26. The Kier molecular flexibility index (Phi) is 5.49. The molecule has 0 aliphatic carbocycles. The molecule has 1 aromatic carbocycles. The largest absolute Gasteiger partial charge is 0.392 e. The van der Waals surface area contributed by atoms with Gasteiger partial charge in [0.1, 0.15) is 0 Å². The molecule has 96 valence electrons. The topological polar surface area (TPSA) is 32.3 Å². The van der Waals surface area contributed by atoms with Gasteiger partial charge in [-0.05, 0) is 23.8 Å². The summed E-state index contributed by atoms with van der Waals surface area (Å²) in [5.41, 5.74) is 2.03. The second-order valence-electron chi connectivity index (χ2n) is 5.35. The van der Waals surface area contributed by atoms with Crippen molar-refractivity contribution in [3.63, 3.8) is 0 Å². The summed E-state index contributed by atoms with van der Waals surface area (Å²) in [6.07, 6.45) is 0. The van der Waals surface area contributed by atoms with E-state index in [1.54, 1.807) is 0 Å². The lowest BCUT2D eigenvalue weighted by Crippen LogP contribution is -2.24. The third-order valence-electron chi connectivity index (χ3n) is 3.43. The van der Waals surface area contributed by atoms with Gasteiger partial charge in [0.2, 0.25) is 0 Å². The molecule has 0 atom stereocenters. The zero-order valence-electron chi connectivity index (χ0n) is 11.4. The van der Waals surface area contributed by atoms with Crippen LogP contribution < -0.4 is 5.32 Å². The summed E-state index contributed by atoms with van der Waals surface area (Å²) in [5, 5.41) is 12.7. The Hall–Kier alpha value is -1.02. The monoisotopic (exact) mass is 235 g/mol. The van der Waals surface area contributed by atoms with E-state index in [4.69, 9.17) is 0 Å². The van der Waals surface area contributed by atoms with E-state index in [9.17, 15) is 5.11 Å². The van der Waals surface area contributed by atoms with E-state index in [0.717, 1.165) is 17.8 Å². The molecule has 1 aromatic rings. The number of anilines is 1. The third kappa shape index (κ3) is 4.04. The Morgan fingerprint density at radius 3 is 2.18 bits per heavy atom. The number of aliphatic hydroxyl groups is 1. The third-order valence-corrected chi connectivity index (χ3v) is 3.43. The van der Waals surface area contributed by atoms with Crippen LogP contribution in [0.2, 0.25) is 0 Å². The molecule has 0 aliphatic rings. The molecule has 0 radical (unpaired) electrons. The number of rotatable bonds is 6. The molecule has 0 spiro atoms. The maximum Gasteiger partial charge on any atom is 0.0701 e. The first kappa shape index (κ1) is 14.0. The Bertz CT molecular complexity index is 325. The maximum absolute atomic E-state index is 9.26. The van der Waals surface area contributed by atoms with Gasteiger partial charge in [-0.1, -0.05) is 45.9 Å². The van der Waals surface area contributed by atoms with Crippen LogP contribution in [-0.2, 0) is 6.61 Å². The van der Waals surface area contributed by atoms with E-state index in [1.165, 1.54) is 0 Å². The number of hydrogen-bond acceptors (Lipinski definition) is 2. The van der Waals surface area contributed by atoms with Gasteiger partial charge in [0.05, 0.1) is 6.61 Å². The Labute approximate surface area is 105 Å². The lowest BCUT2D eigenvalue weighted by atomic mass is 9.85. The Morgan fingerprint density at radius 1 is 1.06 bits per heavy atom. The van der Waals surface area contributed by atoms with Crippen LogP contribution in [0.3, 0.4) is 0 Å². The molecule has 0 fully saturated rings. The molecule has 1 rings (SSSR count). The van der Waals surface area contributed by atoms with Crippen LogP contribution >= 0.6 is 0 Å². The van der Waals surface area contributed by atoms with E-state index in [-0.39, 0.29) is 6.61 Å². The summed E-state index contributed by atoms with van der Waals surface area (Å²) in [6, 6.07) is 7.95. The number of para-hydroxylation sites is 1. The summed E-state index contributed by atoms with van der Waals surface area (Å²) < 4.78 is 0. The fourth-order valence-electron chi connectivity index (χ4n) is 2.30. The highest BCUT2D eigenvalue weighted by atomic mass is 16.3. The first-order valence-corrected chi connectivity index (χ1v) is 6.49. The van der Waals surface area contributed by atoms with Crippen molar-refractivity contribution in [2.75, 3.05) is 11.9 Å². The molecule has 2 heteroatoms. The van der Waals surface area contributed by atoms with E-state index in [0.29, 0.717) is 17.8 Å². The van der Waals surface area contributed by atoms with Crippen molar-refractivity contribution in [2.45, 2.75) is 34.3 Å². The van der Waals surface area contributed by atoms with Crippen molar-refractivity contribution in [3.05, 3.63) is 29.8 Å². The van der Waals surface area contributed by atoms with Gasteiger partial charge >= 0.3 is 0 Å². The van der Waals surface area contributed by atoms with Crippen molar-refractivity contribution >= 4 is 5.69 Å². The Morgan fingerprint density at radius 2 is 1.65 bits per heavy atom. The van der Waals surface area contributed by atoms with Crippen LogP contribution in [0, 0.1) is 17.8 Å². The molecule has 0 bridgehead atoms. The molecule has 2 N–H and O–H groups in total. The highest BCUT2D eigenvalue weighted by molar-refractivity contribution is 5.50. The zero-order valence-corrected chi connectivity index (χ0v) is 11.4. The SMILES string of the molecule is CC(C)C(CNc1ccccc1CO)C(C)C. The first-order chi connectivity index (χ1) is 8.06. The van der Waals surface area contributed by atoms with Gasteiger partial charge in [-0.2, -0.15) is 0 Å². The number of benzene rings is 1. The van der Waals surface area contributed by atoms with E-state index >= 15 is 0 Å². The minimum atomic E-state index is 0.0944. The number of hydrogen-bond donors (Lipinski definition) is 2. The van der Waals surface area contributed by atoms with Gasteiger partial charge in [-0.3, -0.25) is 0 Å². The summed E-state index contributed by atoms with van der Waals surface area (Å²) in [7, 11) is 0. The highest BCUT2D eigenvalue weighted by Crippen LogP contribution is 2.22. The van der Waals surface area contributed by atoms with Crippen molar-refractivity contribution < 1.29 is 5.11 Å². The van der Waals surface area contributed by atoms with Gasteiger partial charge < -0.3 is 10.4 Å². The molecule has 0 aliphatic heterocycles. The lowest BCUT2D eigenvalue weighted by molar-refractivity contribution is 0.281. The quantitative estimate of drug-likeness (QED) is 0.790. The zero-order chi connectivity index (χ0) is 12.8. The van der Waals surface area contributed by atoms with Crippen LogP contribution in [0.4, 0.5) is 5.69 Å². The second-order valence-corrected chi connectivity index (χ2v) is 5.35. The van der Waals surface area contributed by atoms with E-state index in [1.807, 2.05) is 24.3 Å². The van der Waals surface area contributed by atoms with Crippen LogP contribution in [0.1, 0.15) is 33.3 Å². The van der Waals surface area contributed by atoms with Crippen molar-refractivity contribution in [1.82, 2.24) is 0 Å². The smallest absolute Gasteiger partial charge is 0.0701 e. The fraction of sp³-hybridized carbons (Fsp3) is 0.600. The van der Waals surface area contributed by atoms with Crippen molar-refractivity contribution in [2.24, 2.45) is 17.8 Å². The van der Waals surface area contributed by atoms with E-state index < -0.39 is 0 Å². The normalized spacial score (nSPS) is 11.5. The van der Waals surface area contributed by atoms with Crippen LogP contribution in [-0.4, -0.2) is 11.7 Å². The molecule has 0 heterocycles. The molecular formula is C15H25NO. The average molecular weight is 235 g/mol. The molecule has 0 saturated carbocycles. The maximum atomic E-state index is 9.26. The number of nitrogens with one attached hydrogen (secondary N) is 1. The summed E-state index contributed by atoms with van der Waals surface area (Å²) in [5.74, 6) is 1.99. The minimum Gasteiger partial charge on any atom is -0.392 e. The minimum absolute atomic E-state index is 0.0944. The van der Waals surface area contributed by atoms with Gasteiger partial charge in [0.15, 0.2) is 0 Å². The van der Waals surface area contributed by atoms with Crippen LogP contribution in [0.15, 0.2) is 24.3 Å². The molecular weight excluding hydrogens is 210 g/mol. The molecule has 0 unspecified atom stereocenters. The van der Waals surface area contributed by atoms with Crippen LogP contribution in [0.25, 0.3) is 0 Å². The van der Waals surface area contributed by atoms with E-state index in [2.05, 4.69) is 33.0 Å². The van der Waals surface area contributed by atoms with Crippen molar-refractivity contribution in [1.29, 1.82) is 0 Å². The predicted octanol–water partition coefficient (Wildman–Crippen LogP) is 3.52. The fourth-order valence-corrected chi connectivity index (χ4v) is 2.30.